The van der Waals surface area contributed by atoms with Crippen LogP contribution in [-0.4, -0.2) is 61.3 Å². The number of piperazine rings is 1. The van der Waals surface area contributed by atoms with Gasteiger partial charge >= 0.3 is 0 Å². The minimum atomic E-state index is -0.413. The van der Waals surface area contributed by atoms with E-state index in [1.807, 2.05) is 24.3 Å². The molecule has 1 aromatic carbocycles. The lowest BCUT2D eigenvalue weighted by Crippen LogP contribution is -2.50. The topological polar surface area (TPSA) is 35.9 Å². The van der Waals surface area contributed by atoms with Gasteiger partial charge in [0.15, 0.2) is 0 Å². The van der Waals surface area contributed by atoms with Crippen molar-refractivity contribution in [3.8, 4) is 5.75 Å². The molecule has 1 fully saturated rings. The van der Waals surface area contributed by atoms with Crippen molar-refractivity contribution in [3.05, 3.63) is 29.8 Å². The molecule has 1 aromatic rings. The maximum Gasteiger partial charge on any atom is 0.119 e. The molecule has 0 amide bonds. The fraction of sp³-hybridized carbons (Fsp3) is 0.647. The van der Waals surface area contributed by atoms with Crippen molar-refractivity contribution in [3.63, 3.8) is 0 Å². The minimum absolute atomic E-state index is 0.412. The summed E-state index contributed by atoms with van der Waals surface area (Å²) in [5, 5.41) is 10.5. The fourth-order valence-electron chi connectivity index (χ4n) is 2.76. The molecule has 1 saturated heterocycles. The van der Waals surface area contributed by atoms with Crippen molar-refractivity contribution >= 4 is 0 Å². The number of likely N-dealkylation sites (N-methyl/N-ethyl adjacent to an activating group) is 2. The van der Waals surface area contributed by atoms with Crippen LogP contribution in [-0.2, 0) is 0 Å². The predicted octanol–water partition coefficient (Wildman–Crippen LogP) is 2.14. The van der Waals surface area contributed by atoms with Crippen molar-refractivity contribution in [2.45, 2.75) is 31.9 Å². The van der Waals surface area contributed by atoms with Crippen LogP contribution in [0.5, 0.6) is 5.75 Å². The van der Waals surface area contributed by atoms with Gasteiger partial charge in [-0.2, -0.15) is 0 Å². The lowest BCUT2D eigenvalue weighted by atomic mass is 9.99. The normalized spacial score (nSPS) is 22.2. The molecule has 4 nitrogen and oxygen atoms in total. The molecule has 0 spiro atoms. The second-order valence-corrected chi connectivity index (χ2v) is 6.07. The molecule has 1 aliphatic heterocycles. The lowest BCUT2D eigenvalue weighted by Gasteiger charge is -2.38. The Bertz CT molecular complexity index is 421. The van der Waals surface area contributed by atoms with Crippen molar-refractivity contribution in [1.82, 2.24) is 9.80 Å². The number of rotatable bonds is 6. The van der Waals surface area contributed by atoms with Crippen molar-refractivity contribution < 1.29 is 9.84 Å². The second-order valence-electron chi connectivity index (χ2n) is 6.07. The van der Waals surface area contributed by atoms with Crippen LogP contribution >= 0.6 is 0 Å². The summed E-state index contributed by atoms with van der Waals surface area (Å²) in [5.74, 6) is 0.877. The van der Waals surface area contributed by atoms with E-state index >= 15 is 0 Å². The molecular formula is C17H28N2O2. The Morgan fingerprint density at radius 2 is 1.95 bits per heavy atom. The van der Waals surface area contributed by atoms with E-state index in [4.69, 9.17) is 4.74 Å². The van der Waals surface area contributed by atoms with Gasteiger partial charge in [0.2, 0.25) is 0 Å². The Morgan fingerprint density at radius 1 is 1.24 bits per heavy atom. The van der Waals surface area contributed by atoms with Crippen LogP contribution in [0.15, 0.2) is 24.3 Å². The Hall–Kier alpha value is -1.10. The van der Waals surface area contributed by atoms with Crippen molar-refractivity contribution in [2.75, 3.05) is 40.3 Å². The fourth-order valence-corrected chi connectivity index (χ4v) is 2.76. The van der Waals surface area contributed by atoms with Gasteiger partial charge in [0, 0.05) is 25.7 Å². The van der Waals surface area contributed by atoms with Gasteiger partial charge in [0.25, 0.3) is 0 Å². The molecule has 21 heavy (non-hydrogen) atoms. The van der Waals surface area contributed by atoms with Crippen molar-refractivity contribution in [1.29, 1.82) is 0 Å². The molecule has 1 aliphatic rings. The quantitative estimate of drug-likeness (QED) is 0.871. The van der Waals surface area contributed by atoms with E-state index in [0.29, 0.717) is 6.04 Å². The zero-order valence-electron chi connectivity index (χ0n) is 13.5. The highest BCUT2D eigenvalue weighted by Gasteiger charge is 2.25. The highest BCUT2D eigenvalue weighted by molar-refractivity contribution is 5.28. The molecule has 0 aromatic heterocycles. The molecule has 2 rings (SSSR count). The van der Waals surface area contributed by atoms with Gasteiger partial charge in [-0.25, -0.2) is 0 Å². The van der Waals surface area contributed by atoms with Crippen LogP contribution < -0.4 is 4.74 Å². The van der Waals surface area contributed by atoms with E-state index in [2.05, 4.69) is 30.8 Å². The lowest BCUT2D eigenvalue weighted by molar-refractivity contribution is 0.0634. The van der Waals surface area contributed by atoms with Gasteiger partial charge in [0.05, 0.1) is 12.7 Å². The Kier molecular flexibility index (Phi) is 6.03. The third kappa shape index (κ3) is 4.70. The maximum absolute atomic E-state index is 10.5. The number of aliphatic hydroxyl groups is 1. The molecule has 2 atom stereocenters. The van der Waals surface area contributed by atoms with Gasteiger partial charge in [-0.3, -0.25) is 0 Å². The van der Waals surface area contributed by atoms with Crippen LogP contribution in [0.4, 0.5) is 0 Å². The monoisotopic (exact) mass is 292 g/mol. The largest absolute Gasteiger partial charge is 0.494 e. The molecule has 0 aliphatic carbocycles. The Morgan fingerprint density at radius 3 is 2.62 bits per heavy atom. The number of aliphatic hydroxyl groups excluding tert-OH is 1. The summed E-state index contributed by atoms with van der Waals surface area (Å²) in [6.07, 6.45) is 1.37. The van der Waals surface area contributed by atoms with Crippen LogP contribution in [0.2, 0.25) is 0 Å². The summed E-state index contributed by atoms with van der Waals surface area (Å²) >= 11 is 0. The maximum atomic E-state index is 10.5. The third-order valence-corrected chi connectivity index (χ3v) is 4.21. The summed E-state index contributed by atoms with van der Waals surface area (Å²) in [5.41, 5.74) is 0.973. The van der Waals surface area contributed by atoms with E-state index < -0.39 is 6.10 Å². The molecule has 118 valence electrons. The Labute approximate surface area is 128 Å². The zero-order valence-corrected chi connectivity index (χ0v) is 13.5. The number of hydrogen-bond donors (Lipinski definition) is 1. The number of ether oxygens (including phenoxy) is 1. The highest BCUT2D eigenvalue weighted by Crippen LogP contribution is 2.24. The highest BCUT2D eigenvalue weighted by atomic mass is 16.5. The number of hydrogen-bond acceptors (Lipinski definition) is 4. The molecule has 0 radical (unpaired) electrons. The van der Waals surface area contributed by atoms with E-state index in [-0.39, 0.29) is 0 Å². The van der Waals surface area contributed by atoms with E-state index in [1.54, 1.807) is 0 Å². The second kappa shape index (κ2) is 7.78. The molecule has 1 N–H and O–H groups in total. The number of benzene rings is 1. The summed E-state index contributed by atoms with van der Waals surface area (Å²) in [4.78, 5) is 4.68. The van der Waals surface area contributed by atoms with Gasteiger partial charge < -0.3 is 19.6 Å². The summed E-state index contributed by atoms with van der Waals surface area (Å²) in [7, 11) is 4.29. The van der Waals surface area contributed by atoms with Gasteiger partial charge in [-0.15, -0.1) is 0 Å². The molecule has 0 saturated carbocycles. The first-order chi connectivity index (χ1) is 10.1. The standard InChI is InChI=1S/C17H28N2O2/c1-4-11-21-16-7-5-14(6-8-16)17(20)12-15-13-18(2)9-10-19(15)3/h5-8,15,17,20H,4,9-13H2,1-3H3. The van der Waals surface area contributed by atoms with Crippen LogP contribution in [0.25, 0.3) is 0 Å². The molecular weight excluding hydrogens is 264 g/mol. The first kappa shape index (κ1) is 16.3. The SMILES string of the molecule is CCCOc1ccc(C(O)CC2CN(C)CCN2C)cc1. The summed E-state index contributed by atoms with van der Waals surface area (Å²) in [6, 6.07) is 8.26. The third-order valence-electron chi connectivity index (χ3n) is 4.21. The molecule has 0 bridgehead atoms. The van der Waals surface area contributed by atoms with Crippen LogP contribution in [0.3, 0.4) is 0 Å². The molecule has 2 unspecified atom stereocenters. The minimum Gasteiger partial charge on any atom is -0.494 e. The van der Waals surface area contributed by atoms with E-state index in [1.165, 1.54) is 0 Å². The molecule has 4 heteroatoms. The van der Waals surface area contributed by atoms with E-state index in [9.17, 15) is 5.11 Å². The van der Waals surface area contributed by atoms with E-state index in [0.717, 1.165) is 50.4 Å². The first-order valence-electron chi connectivity index (χ1n) is 7.89. The van der Waals surface area contributed by atoms with Gasteiger partial charge in [-0.05, 0) is 44.6 Å². The molecule has 1 heterocycles. The van der Waals surface area contributed by atoms with Crippen molar-refractivity contribution in [2.24, 2.45) is 0 Å². The van der Waals surface area contributed by atoms with Crippen LogP contribution in [0, 0.1) is 0 Å². The van der Waals surface area contributed by atoms with Gasteiger partial charge in [-0.1, -0.05) is 19.1 Å². The summed E-state index contributed by atoms with van der Waals surface area (Å²) < 4.78 is 5.57. The zero-order chi connectivity index (χ0) is 15.2. The first-order valence-corrected chi connectivity index (χ1v) is 7.89. The van der Waals surface area contributed by atoms with Crippen LogP contribution in [0.1, 0.15) is 31.4 Å². The average Bonchev–Trinajstić information content (AvgIpc) is 2.49. The summed E-state index contributed by atoms with van der Waals surface area (Å²) in [6.45, 7) is 6.02. The number of nitrogens with zero attached hydrogens (tertiary/aromatic N) is 2. The average molecular weight is 292 g/mol. The van der Waals surface area contributed by atoms with Gasteiger partial charge in [0.1, 0.15) is 5.75 Å². The predicted molar refractivity (Wildman–Crippen MR) is 85.7 cm³/mol. The smallest absolute Gasteiger partial charge is 0.119 e. The Balaban J connectivity index is 1.91.